The van der Waals surface area contributed by atoms with Gasteiger partial charge < -0.3 is 4.90 Å². The Morgan fingerprint density at radius 3 is 2.58 bits per heavy atom. The van der Waals surface area contributed by atoms with Crippen LogP contribution in [0.25, 0.3) is 5.69 Å². The van der Waals surface area contributed by atoms with Crippen molar-refractivity contribution in [2.75, 3.05) is 13.1 Å². The fourth-order valence-corrected chi connectivity index (χ4v) is 3.94. The number of hydrogen-bond acceptors (Lipinski definition) is 3. The van der Waals surface area contributed by atoms with Crippen LogP contribution < -0.4 is 0 Å². The lowest BCUT2D eigenvalue weighted by molar-refractivity contribution is -0.139. The molecule has 1 aromatic heterocycles. The molecular weight excluding hydrogens is 324 g/mol. The van der Waals surface area contributed by atoms with E-state index < -0.39 is 0 Å². The van der Waals surface area contributed by atoms with Gasteiger partial charge in [0.05, 0.1) is 17.6 Å². The van der Waals surface area contributed by atoms with Crippen molar-refractivity contribution in [1.29, 1.82) is 0 Å². The van der Waals surface area contributed by atoms with Crippen LogP contribution in [0.3, 0.4) is 0 Å². The van der Waals surface area contributed by atoms with Crippen molar-refractivity contribution in [1.82, 2.24) is 19.9 Å². The van der Waals surface area contributed by atoms with Gasteiger partial charge in [0.15, 0.2) is 0 Å². The van der Waals surface area contributed by atoms with Gasteiger partial charge in [-0.3, -0.25) is 4.79 Å². The van der Waals surface area contributed by atoms with E-state index in [0.29, 0.717) is 29.6 Å². The van der Waals surface area contributed by atoms with Gasteiger partial charge in [0.1, 0.15) is 0 Å². The fourth-order valence-electron chi connectivity index (χ4n) is 3.94. The second kappa shape index (κ2) is 6.86. The van der Waals surface area contributed by atoms with Gasteiger partial charge in [0.2, 0.25) is 5.91 Å². The molecule has 2 atom stereocenters. The quantitative estimate of drug-likeness (QED) is 0.800. The molecule has 0 unspecified atom stereocenters. The first-order valence-corrected chi connectivity index (χ1v) is 9.85. The normalized spacial score (nSPS) is 22.5. The average molecular weight is 352 g/mol. The molecule has 5 nitrogen and oxygen atoms in total. The van der Waals surface area contributed by atoms with Crippen LogP contribution in [0.2, 0.25) is 0 Å². The van der Waals surface area contributed by atoms with Crippen molar-refractivity contribution in [2.24, 2.45) is 17.8 Å². The van der Waals surface area contributed by atoms with E-state index in [9.17, 15) is 4.79 Å². The molecule has 1 saturated carbocycles. The number of hydrogen-bond donors (Lipinski definition) is 0. The molecule has 138 valence electrons. The molecule has 2 fully saturated rings. The predicted molar refractivity (Wildman–Crippen MR) is 101 cm³/mol. The summed E-state index contributed by atoms with van der Waals surface area (Å²) in [5.41, 5.74) is 3.38. The molecule has 2 aliphatic rings. The maximum atomic E-state index is 12.3. The van der Waals surface area contributed by atoms with E-state index in [-0.39, 0.29) is 0 Å². The van der Waals surface area contributed by atoms with Gasteiger partial charge in [-0.15, -0.1) is 5.10 Å². The van der Waals surface area contributed by atoms with Crippen LogP contribution in [0.4, 0.5) is 0 Å². The van der Waals surface area contributed by atoms with Gasteiger partial charge in [-0.2, -0.15) is 0 Å². The molecule has 0 spiro atoms. The number of amides is 1. The predicted octanol–water partition coefficient (Wildman–Crippen LogP) is 3.44. The topological polar surface area (TPSA) is 51.0 Å². The minimum atomic E-state index is 0.315. The van der Waals surface area contributed by atoms with Gasteiger partial charge >= 0.3 is 0 Å². The van der Waals surface area contributed by atoms with Crippen LogP contribution in [0.5, 0.6) is 0 Å². The van der Waals surface area contributed by atoms with Gasteiger partial charge in [0, 0.05) is 19.0 Å². The lowest BCUT2D eigenvalue weighted by Gasteiger charge is -2.39. The Bertz CT molecular complexity index is 774. The molecule has 0 N–H and O–H groups in total. The fraction of sp³-hybridized carbons (Fsp3) is 0.571. The molecule has 1 saturated heterocycles. The number of nitrogens with zero attached hydrogens (tertiary/aromatic N) is 4. The van der Waals surface area contributed by atoms with Crippen LogP contribution in [0.15, 0.2) is 30.5 Å². The van der Waals surface area contributed by atoms with Crippen molar-refractivity contribution in [2.45, 2.75) is 46.0 Å². The van der Waals surface area contributed by atoms with E-state index in [4.69, 9.17) is 0 Å². The molecule has 1 aliphatic carbocycles. The summed E-state index contributed by atoms with van der Waals surface area (Å²) < 4.78 is 1.84. The lowest BCUT2D eigenvalue weighted by atomic mass is 9.94. The third-order valence-corrected chi connectivity index (χ3v) is 5.90. The van der Waals surface area contributed by atoms with E-state index in [1.807, 2.05) is 15.8 Å². The van der Waals surface area contributed by atoms with E-state index in [0.717, 1.165) is 43.7 Å². The van der Waals surface area contributed by atoms with Gasteiger partial charge in [-0.05, 0) is 48.3 Å². The highest BCUT2D eigenvalue weighted by Crippen LogP contribution is 2.43. The zero-order valence-corrected chi connectivity index (χ0v) is 15.9. The second-order valence-electron chi connectivity index (χ2n) is 8.22. The number of benzene rings is 1. The van der Waals surface area contributed by atoms with Crippen LogP contribution in [-0.2, 0) is 11.2 Å². The third kappa shape index (κ3) is 3.39. The van der Waals surface area contributed by atoms with E-state index in [1.165, 1.54) is 5.56 Å². The molecule has 1 aliphatic heterocycles. The van der Waals surface area contributed by atoms with Crippen molar-refractivity contribution in [3.8, 4) is 5.69 Å². The molecule has 0 bridgehead atoms. The van der Waals surface area contributed by atoms with Crippen LogP contribution in [0, 0.1) is 17.8 Å². The summed E-state index contributed by atoms with van der Waals surface area (Å²) in [6.45, 7) is 8.32. The first-order chi connectivity index (χ1) is 12.5. The zero-order valence-electron chi connectivity index (χ0n) is 15.9. The van der Waals surface area contributed by atoms with Crippen molar-refractivity contribution >= 4 is 5.91 Å². The van der Waals surface area contributed by atoms with Gasteiger partial charge in [-0.25, -0.2) is 4.68 Å². The second-order valence-corrected chi connectivity index (χ2v) is 8.22. The Morgan fingerprint density at radius 1 is 1.23 bits per heavy atom. The first-order valence-electron chi connectivity index (χ1n) is 9.85. The van der Waals surface area contributed by atoms with Crippen LogP contribution >= 0.6 is 0 Å². The largest absolute Gasteiger partial charge is 0.342 e. The molecule has 5 heteroatoms. The highest BCUT2D eigenvalue weighted by Gasteiger charge is 2.46. The molecule has 1 amide bonds. The van der Waals surface area contributed by atoms with Gasteiger partial charge in [-0.1, -0.05) is 44.5 Å². The summed E-state index contributed by atoms with van der Waals surface area (Å²) in [5.74, 6) is 2.38. The summed E-state index contributed by atoms with van der Waals surface area (Å²) in [6, 6.07) is 8.49. The third-order valence-electron chi connectivity index (χ3n) is 5.90. The lowest BCUT2D eigenvalue weighted by Crippen LogP contribution is -2.51. The zero-order chi connectivity index (χ0) is 18.3. The monoisotopic (exact) mass is 352 g/mol. The maximum Gasteiger partial charge on any atom is 0.225 e. The van der Waals surface area contributed by atoms with Gasteiger partial charge in [0.25, 0.3) is 0 Å². The number of rotatable bonds is 6. The standard InChI is InChI=1S/C21H28N4O/c1-4-16-10-20(16)21(26)24-11-15(12-24)9-18-13-25(23-22-18)19-7-5-17(6-8-19)14(2)3/h5-8,13-16,20H,4,9-12H2,1-3H3/t16-,20-/m1/s1. The Kier molecular flexibility index (Phi) is 4.55. The average Bonchev–Trinajstić information content (AvgIpc) is 3.26. The number of likely N-dealkylation sites (tertiary alicyclic amines) is 1. The maximum absolute atomic E-state index is 12.3. The van der Waals surface area contributed by atoms with E-state index in [1.54, 1.807) is 0 Å². The SMILES string of the molecule is CC[C@@H]1C[C@H]1C(=O)N1CC(Cc2cn(-c3ccc(C(C)C)cc3)nn2)C1. The molecule has 2 heterocycles. The van der Waals surface area contributed by atoms with E-state index in [2.05, 4.69) is 55.3 Å². The Morgan fingerprint density at radius 2 is 1.96 bits per heavy atom. The summed E-state index contributed by atoms with van der Waals surface area (Å²) in [4.78, 5) is 14.3. The summed E-state index contributed by atoms with van der Waals surface area (Å²) in [7, 11) is 0. The smallest absolute Gasteiger partial charge is 0.225 e. The van der Waals surface area contributed by atoms with Crippen molar-refractivity contribution in [3.05, 3.63) is 41.7 Å². The highest BCUT2D eigenvalue weighted by atomic mass is 16.2. The van der Waals surface area contributed by atoms with E-state index >= 15 is 0 Å². The Labute approximate surface area is 155 Å². The van der Waals surface area contributed by atoms with Crippen molar-refractivity contribution < 1.29 is 4.79 Å². The Balaban J connectivity index is 1.30. The molecule has 26 heavy (non-hydrogen) atoms. The van der Waals surface area contributed by atoms with Crippen LogP contribution in [-0.4, -0.2) is 38.9 Å². The molecule has 4 rings (SSSR count). The van der Waals surface area contributed by atoms with Crippen LogP contribution in [0.1, 0.15) is 50.8 Å². The van der Waals surface area contributed by atoms with Crippen molar-refractivity contribution in [3.63, 3.8) is 0 Å². The minimum Gasteiger partial charge on any atom is -0.342 e. The molecule has 0 radical (unpaired) electrons. The molecule has 1 aromatic carbocycles. The number of carbonyl (C=O) groups is 1. The number of carbonyl (C=O) groups excluding carboxylic acids is 1. The summed E-state index contributed by atoms with van der Waals surface area (Å²) >= 11 is 0. The Hall–Kier alpha value is -2.17. The summed E-state index contributed by atoms with van der Waals surface area (Å²) in [6.07, 6.45) is 5.15. The molecule has 2 aromatic rings. The number of aromatic nitrogens is 3. The molecular formula is C21H28N4O. The summed E-state index contributed by atoms with van der Waals surface area (Å²) in [5, 5.41) is 8.60. The minimum absolute atomic E-state index is 0.315. The first kappa shape index (κ1) is 17.3. The highest BCUT2D eigenvalue weighted by molar-refractivity contribution is 5.82.